The van der Waals surface area contributed by atoms with E-state index < -0.39 is 24.3 Å². The van der Waals surface area contributed by atoms with Crippen LogP contribution in [0.1, 0.15) is 47.0 Å². The fourth-order valence-corrected chi connectivity index (χ4v) is 3.90. The molecule has 0 aliphatic heterocycles. The second kappa shape index (κ2) is 9.19. The molecule has 1 aliphatic carbocycles. The van der Waals surface area contributed by atoms with E-state index in [1.807, 2.05) is 12.1 Å². The minimum absolute atomic E-state index is 0.0800. The summed E-state index contributed by atoms with van der Waals surface area (Å²) in [6.45, 7) is -0.450. The van der Waals surface area contributed by atoms with Gasteiger partial charge >= 0.3 is 11.9 Å². The Morgan fingerprint density at radius 1 is 0.571 bits per heavy atom. The number of ketones is 2. The number of Topliss-reactive ketones (excluding diaryl/α,β-unsaturated/α-hetero) is 1. The van der Waals surface area contributed by atoms with E-state index in [1.54, 1.807) is 54.6 Å². The van der Waals surface area contributed by atoms with E-state index in [-0.39, 0.29) is 11.3 Å². The first-order valence-electron chi connectivity index (χ1n) is 10.9. The minimum Gasteiger partial charge on any atom is -0.454 e. The van der Waals surface area contributed by atoms with Crippen LogP contribution in [-0.2, 0) is 4.74 Å². The van der Waals surface area contributed by atoms with Crippen LogP contribution in [0.3, 0.4) is 0 Å². The first kappa shape index (κ1) is 22.0. The molecule has 1 aliphatic rings. The lowest BCUT2D eigenvalue weighted by Crippen LogP contribution is -2.14. The summed E-state index contributed by atoms with van der Waals surface area (Å²) in [6.07, 6.45) is 0. The van der Waals surface area contributed by atoms with Crippen molar-refractivity contribution >= 4 is 23.5 Å². The van der Waals surface area contributed by atoms with Crippen molar-refractivity contribution in [2.24, 2.45) is 0 Å². The molecule has 0 unspecified atom stereocenters. The standard InChI is InChI=1S/C29H18O6/c30-26(18-10-13-21(14-11-18)35-29(33)19-6-2-1-3-7-19)17-34-28(32)20-12-15-24-25(16-20)22-8-4-5-9-23(22)27(24)31/h1-16H,17H2. The largest absolute Gasteiger partial charge is 0.454 e. The number of rotatable bonds is 6. The molecule has 0 bridgehead atoms. The van der Waals surface area contributed by atoms with Crippen LogP contribution in [0.25, 0.3) is 11.1 Å². The molecule has 0 radical (unpaired) electrons. The monoisotopic (exact) mass is 462 g/mol. The number of esters is 2. The lowest BCUT2D eigenvalue weighted by molar-refractivity contribution is 0.0474. The van der Waals surface area contributed by atoms with Gasteiger partial charge in [-0.05, 0) is 65.7 Å². The van der Waals surface area contributed by atoms with Gasteiger partial charge in [0.25, 0.3) is 0 Å². The molecule has 0 amide bonds. The van der Waals surface area contributed by atoms with Gasteiger partial charge in [0.1, 0.15) is 5.75 Å². The second-order valence-corrected chi connectivity index (χ2v) is 7.91. The predicted molar refractivity (Wildman–Crippen MR) is 128 cm³/mol. The molecule has 35 heavy (non-hydrogen) atoms. The summed E-state index contributed by atoms with van der Waals surface area (Å²) in [6, 6.07) is 26.5. The molecule has 0 saturated carbocycles. The van der Waals surface area contributed by atoms with Gasteiger partial charge in [-0.25, -0.2) is 9.59 Å². The van der Waals surface area contributed by atoms with Gasteiger partial charge in [0, 0.05) is 16.7 Å². The Bertz CT molecular complexity index is 1470. The highest BCUT2D eigenvalue weighted by molar-refractivity contribution is 6.22. The molecule has 170 valence electrons. The van der Waals surface area contributed by atoms with Crippen LogP contribution < -0.4 is 4.74 Å². The molecule has 0 heterocycles. The maximum Gasteiger partial charge on any atom is 0.343 e. The molecule has 0 aromatic heterocycles. The van der Waals surface area contributed by atoms with Crippen molar-refractivity contribution in [3.8, 4) is 16.9 Å². The van der Waals surface area contributed by atoms with Crippen LogP contribution in [0.2, 0.25) is 0 Å². The van der Waals surface area contributed by atoms with E-state index in [1.165, 1.54) is 30.3 Å². The maximum atomic E-state index is 12.6. The molecule has 6 heteroatoms. The minimum atomic E-state index is -0.661. The highest BCUT2D eigenvalue weighted by Crippen LogP contribution is 2.36. The first-order valence-corrected chi connectivity index (χ1v) is 10.9. The predicted octanol–water partition coefficient (Wildman–Crippen LogP) is 5.16. The number of carbonyl (C=O) groups excluding carboxylic acids is 4. The summed E-state index contributed by atoms with van der Waals surface area (Å²) >= 11 is 0. The Balaban J connectivity index is 1.21. The zero-order chi connectivity index (χ0) is 24.4. The van der Waals surface area contributed by atoms with E-state index >= 15 is 0 Å². The smallest absolute Gasteiger partial charge is 0.343 e. The van der Waals surface area contributed by atoms with E-state index in [4.69, 9.17) is 9.47 Å². The second-order valence-electron chi connectivity index (χ2n) is 7.91. The molecule has 0 N–H and O–H groups in total. The van der Waals surface area contributed by atoms with Gasteiger partial charge in [-0.15, -0.1) is 0 Å². The lowest BCUT2D eigenvalue weighted by atomic mass is 10.0. The molecule has 5 rings (SSSR count). The van der Waals surface area contributed by atoms with Crippen LogP contribution in [0.4, 0.5) is 0 Å². The van der Waals surface area contributed by atoms with Crippen LogP contribution in [-0.4, -0.2) is 30.1 Å². The molecule has 0 saturated heterocycles. The fraction of sp³-hybridized carbons (Fsp3) is 0.0345. The van der Waals surface area contributed by atoms with E-state index in [0.29, 0.717) is 33.6 Å². The Morgan fingerprint density at radius 2 is 1.20 bits per heavy atom. The quantitative estimate of drug-likeness (QED) is 0.197. The molecular weight excluding hydrogens is 444 g/mol. The average molecular weight is 462 g/mol. The summed E-state index contributed by atoms with van der Waals surface area (Å²) in [5.41, 5.74) is 3.56. The molecule has 0 atom stereocenters. The number of hydrogen-bond acceptors (Lipinski definition) is 6. The zero-order valence-electron chi connectivity index (χ0n) is 18.4. The molecule has 0 fully saturated rings. The summed E-state index contributed by atoms with van der Waals surface area (Å²) in [7, 11) is 0. The fourth-order valence-electron chi connectivity index (χ4n) is 3.90. The van der Waals surface area contributed by atoms with Crippen molar-refractivity contribution in [2.75, 3.05) is 6.61 Å². The third-order valence-corrected chi connectivity index (χ3v) is 5.69. The van der Waals surface area contributed by atoms with Gasteiger partial charge in [-0.2, -0.15) is 0 Å². The van der Waals surface area contributed by atoms with E-state index in [9.17, 15) is 19.2 Å². The Labute approximate surface area is 200 Å². The number of carbonyl (C=O) groups is 4. The third kappa shape index (κ3) is 4.37. The van der Waals surface area contributed by atoms with Gasteiger partial charge in [-0.3, -0.25) is 9.59 Å². The van der Waals surface area contributed by atoms with Crippen molar-refractivity contribution in [2.45, 2.75) is 0 Å². The number of fused-ring (bicyclic) bond motifs is 3. The highest BCUT2D eigenvalue weighted by Gasteiger charge is 2.27. The zero-order valence-corrected chi connectivity index (χ0v) is 18.4. The molecular formula is C29H18O6. The Morgan fingerprint density at radius 3 is 1.94 bits per heavy atom. The van der Waals surface area contributed by atoms with Crippen molar-refractivity contribution in [3.05, 3.63) is 125 Å². The summed E-state index contributed by atoms with van der Waals surface area (Å²) in [5, 5.41) is 0. The molecule has 4 aromatic rings. The van der Waals surface area contributed by atoms with Gasteiger partial charge in [0.2, 0.25) is 0 Å². The van der Waals surface area contributed by atoms with Crippen LogP contribution in [0.5, 0.6) is 5.75 Å². The van der Waals surface area contributed by atoms with Crippen molar-refractivity contribution in [1.29, 1.82) is 0 Å². The van der Waals surface area contributed by atoms with Crippen molar-refractivity contribution in [3.63, 3.8) is 0 Å². The Hall–Kier alpha value is -4.84. The highest BCUT2D eigenvalue weighted by atomic mass is 16.5. The van der Waals surface area contributed by atoms with Gasteiger partial charge in [0.15, 0.2) is 18.2 Å². The van der Waals surface area contributed by atoms with Crippen molar-refractivity contribution < 1.29 is 28.7 Å². The molecule has 6 nitrogen and oxygen atoms in total. The molecule has 0 spiro atoms. The SMILES string of the molecule is O=C(COC(=O)c1ccc2c(c1)-c1ccccc1C2=O)c1ccc(OC(=O)c2ccccc2)cc1. The van der Waals surface area contributed by atoms with Crippen LogP contribution in [0.15, 0.2) is 97.1 Å². The number of ether oxygens (including phenoxy) is 2. The topological polar surface area (TPSA) is 86.7 Å². The number of benzene rings is 4. The van der Waals surface area contributed by atoms with Gasteiger partial charge in [-0.1, -0.05) is 42.5 Å². The van der Waals surface area contributed by atoms with E-state index in [0.717, 1.165) is 5.56 Å². The summed E-state index contributed by atoms with van der Waals surface area (Å²) in [4.78, 5) is 49.7. The van der Waals surface area contributed by atoms with Gasteiger partial charge in [0.05, 0.1) is 11.1 Å². The lowest BCUT2D eigenvalue weighted by Gasteiger charge is -2.07. The first-order chi connectivity index (χ1) is 17.0. The number of hydrogen-bond donors (Lipinski definition) is 0. The maximum absolute atomic E-state index is 12.6. The molecule has 4 aromatic carbocycles. The van der Waals surface area contributed by atoms with Gasteiger partial charge < -0.3 is 9.47 Å². The Kier molecular flexibility index (Phi) is 5.77. The third-order valence-electron chi connectivity index (χ3n) is 5.69. The average Bonchev–Trinajstić information content (AvgIpc) is 3.19. The summed E-state index contributed by atoms with van der Waals surface area (Å²) < 4.78 is 10.5. The van der Waals surface area contributed by atoms with Crippen LogP contribution in [0, 0.1) is 0 Å². The normalized spacial score (nSPS) is 11.4. The van der Waals surface area contributed by atoms with Crippen LogP contribution >= 0.6 is 0 Å². The van der Waals surface area contributed by atoms with Crippen molar-refractivity contribution in [1.82, 2.24) is 0 Å². The van der Waals surface area contributed by atoms with E-state index in [2.05, 4.69) is 0 Å². The summed E-state index contributed by atoms with van der Waals surface area (Å²) in [5.74, 6) is -1.35.